The standard InChI is InChI=1S/C28H32N2O6/c1-2-27(31)35-21-5-3-4-6-28(32)36-26-17-19-29(20-18-26)24-13-9-22(10-14-24)7-8-23-11-15-25(16-12-23)30(33)34/h2,7-16,26H,1,3-6,17-21H2. The van der Waals surface area contributed by atoms with Crippen LogP contribution in [-0.4, -0.2) is 42.7 Å². The van der Waals surface area contributed by atoms with Crippen LogP contribution in [0.2, 0.25) is 0 Å². The highest BCUT2D eigenvalue weighted by Gasteiger charge is 2.22. The topological polar surface area (TPSA) is 99.0 Å². The molecule has 1 fully saturated rings. The number of esters is 2. The lowest BCUT2D eigenvalue weighted by Crippen LogP contribution is -2.37. The summed E-state index contributed by atoms with van der Waals surface area (Å²) in [6, 6.07) is 14.7. The highest BCUT2D eigenvalue weighted by atomic mass is 16.6. The molecule has 1 aliphatic heterocycles. The van der Waals surface area contributed by atoms with E-state index in [0.29, 0.717) is 19.4 Å². The summed E-state index contributed by atoms with van der Waals surface area (Å²) >= 11 is 0. The maximum Gasteiger partial charge on any atom is 0.330 e. The van der Waals surface area contributed by atoms with Crippen molar-refractivity contribution in [2.75, 3.05) is 24.6 Å². The van der Waals surface area contributed by atoms with Gasteiger partial charge in [0.05, 0.1) is 11.5 Å². The van der Waals surface area contributed by atoms with Crippen LogP contribution in [0.25, 0.3) is 12.2 Å². The van der Waals surface area contributed by atoms with Crippen LogP contribution in [0.4, 0.5) is 11.4 Å². The van der Waals surface area contributed by atoms with E-state index in [2.05, 4.69) is 23.6 Å². The molecule has 0 N–H and O–H groups in total. The molecular weight excluding hydrogens is 460 g/mol. The van der Waals surface area contributed by atoms with Crippen molar-refractivity contribution in [1.82, 2.24) is 0 Å². The summed E-state index contributed by atoms with van der Waals surface area (Å²) in [6.07, 6.45) is 9.21. The Morgan fingerprint density at radius 3 is 2.17 bits per heavy atom. The van der Waals surface area contributed by atoms with Gasteiger partial charge in [-0.1, -0.05) is 30.9 Å². The van der Waals surface area contributed by atoms with E-state index in [-0.39, 0.29) is 17.8 Å². The molecule has 190 valence electrons. The number of unbranched alkanes of at least 4 members (excludes halogenated alkanes) is 2. The minimum atomic E-state index is -0.423. The average Bonchev–Trinajstić information content (AvgIpc) is 2.90. The van der Waals surface area contributed by atoms with E-state index < -0.39 is 10.9 Å². The Kier molecular flexibility index (Phi) is 10.2. The van der Waals surface area contributed by atoms with E-state index in [1.807, 2.05) is 24.3 Å². The molecule has 1 aliphatic rings. The van der Waals surface area contributed by atoms with Gasteiger partial charge in [0.1, 0.15) is 6.10 Å². The summed E-state index contributed by atoms with van der Waals surface area (Å²) in [4.78, 5) is 35.7. The second-order valence-corrected chi connectivity index (χ2v) is 8.63. The predicted molar refractivity (Wildman–Crippen MR) is 139 cm³/mol. The molecule has 0 saturated carbocycles. The zero-order valence-corrected chi connectivity index (χ0v) is 20.3. The molecule has 1 saturated heterocycles. The zero-order valence-electron chi connectivity index (χ0n) is 20.3. The van der Waals surface area contributed by atoms with Gasteiger partial charge < -0.3 is 14.4 Å². The molecule has 0 aliphatic carbocycles. The monoisotopic (exact) mass is 492 g/mol. The Morgan fingerprint density at radius 1 is 0.972 bits per heavy atom. The highest BCUT2D eigenvalue weighted by Crippen LogP contribution is 2.23. The quantitative estimate of drug-likeness (QED) is 0.0954. The van der Waals surface area contributed by atoms with Crippen molar-refractivity contribution < 1.29 is 24.0 Å². The number of piperidine rings is 1. The fourth-order valence-electron chi connectivity index (χ4n) is 3.95. The molecule has 3 rings (SSSR count). The van der Waals surface area contributed by atoms with Gasteiger partial charge in [0.15, 0.2) is 0 Å². The molecule has 0 bridgehead atoms. The number of non-ortho nitro benzene ring substituents is 1. The van der Waals surface area contributed by atoms with E-state index in [1.165, 1.54) is 12.1 Å². The van der Waals surface area contributed by atoms with E-state index >= 15 is 0 Å². The van der Waals surface area contributed by atoms with Gasteiger partial charge in [-0.05, 0) is 54.7 Å². The van der Waals surface area contributed by atoms with Crippen molar-refractivity contribution in [3.8, 4) is 0 Å². The van der Waals surface area contributed by atoms with Gasteiger partial charge in [-0.3, -0.25) is 14.9 Å². The third kappa shape index (κ3) is 8.69. The first-order chi connectivity index (χ1) is 17.4. The maximum absolute atomic E-state index is 12.1. The smallest absolute Gasteiger partial charge is 0.330 e. The van der Waals surface area contributed by atoms with Gasteiger partial charge in [-0.2, -0.15) is 0 Å². The molecule has 0 aromatic heterocycles. The number of hydrogen-bond acceptors (Lipinski definition) is 7. The highest BCUT2D eigenvalue weighted by molar-refractivity contribution is 5.81. The van der Waals surface area contributed by atoms with Crippen LogP contribution in [0.15, 0.2) is 61.2 Å². The van der Waals surface area contributed by atoms with Gasteiger partial charge in [-0.25, -0.2) is 4.79 Å². The molecule has 8 heteroatoms. The first-order valence-corrected chi connectivity index (χ1v) is 12.2. The molecule has 0 atom stereocenters. The lowest BCUT2D eigenvalue weighted by molar-refractivity contribution is -0.384. The predicted octanol–water partition coefficient (Wildman–Crippen LogP) is 5.57. The van der Waals surface area contributed by atoms with Crippen molar-refractivity contribution in [2.24, 2.45) is 0 Å². The Morgan fingerprint density at radius 2 is 1.58 bits per heavy atom. The van der Waals surface area contributed by atoms with Gasteiger partial charge in [-0.15, -0.1) is 0 Å². The summed E-state index contributed by atoms with van der Waals surface area (Å²) in [5.41, 5.74) is 3.15. The van der Waals surface area contributed by atoms with Crippen molar-refractivity contribution in [2.45, 2.75) is 44.6 Å². The Bertz CT molecular complexity index is 1050. The summed E-state index contributed by atoms with van der Waals surface area (Å²) in [5, 5.41) is 10.8. The van der Waals surface area contributed by atoms with Crippen LogP contribution in [0, 0.1) is 10.1 Å². The van der Waals surface area contributed by atoms with Crippen LogP contribution in [-0.2, 0) is 19.1 Å². The molecule has 0 radical (unpaired) electrons. The summed E-state index contributed by atoms with van der Waals surface area (Å²) in [5.74, 6) is -0.589. The van der Waals surface area contributed by atoms with Gasteiger partial charge in [0, 0.05) is 56.2 Å². The molecule has 0 unspecified atom stereocenters. The van der Waals surface area contributed by atoms with Crippen molar-refractivity contribution in [3.05, 3.63) is 82.4 Å². The fraction of sp³-hybridized carbons (Fsp3) is 0.357. The van der Waals surface area contributed by atoms with Crippen molar-refractivity contribution >= 4 is 35.5 Å². The minimum absolute atomic E-state index is 0.0498. The maximum atomic E-state index is 12.1. The number of rotatable bonds is 12. The van der Waals surface area contributed by atoms with E-state index in [0.717, 1.165) is 61.7 Å². The normalized spacial score (nSPS) is 13.9. The number of benzene rings is 2. The van der Waals surface area contributed by atoms with Crippen LogP contribution >= 0.6 is 0 Å². The summed E-state index contributed by atoms with van der Waals surface area (Å²) < 4.78 is 10.6. The number of ether oxygens (including phenoxy) is 2. The van der Waals surface area contributed by atoms with E-state index in [4.69, 9.17) is 9.47 Å². The lowest BCUT2D eigenvalue weighted by atomic mass is 10.1. The fourth-order valence-corrected chi connectivity index (χ4v) is 3.95. The average molecular weight is 493 g/mol. The summed E-state index contributed by atoms with van der Waals surface area (Å²) in [7, 11) is 0. The summed E-state index contributed by atoms with van der Waals surface area (Å²) in [6.45, 7) is 5.34. The number of nitrogens with zero attached hydrogens (tertiary/aromatic N) is 2. The molecule has 0 spiro atoms. The molecule has 1 heterocycles. The van der Waals surface area contributed by atoms with Crippen LogP contribution in [0.1, 0.15) is 49.7 Å². The Balaban J connectivity index is 1.35. The zero-order chi connectivity index (χ0) is 25.8. The van der Waals surface area contributed by atoms with Crippen molar-refractivity contribution in [3.63, 3.8) is 0 Å². The molecule has 2 aromatic carbocycles. The number of carbonyl (C=O) groups is 2. The minimum Gasteiger partial charge on any atom is -0.463 e. The number of nitro benzene ring substituents is 1. The second-order valence-electron chi connectivity index (χ2n) is 8.63. The van der Waals surface area contributed by atoms with E-state index in [1.54, 1.807) is 12.1 Å². The third-order valence-electron chi connectivity index (χ3n) is 6.01. The first-order valence-electron chi connectivity index (χ1n) is 12.2. The Labute approximate surface area is 211 Å². The van der Waals surface area contributed by atoms with Crippen molar-refractivity contribution in [1.29, 1.82) is 0 Å². The molecule has 0 amide bonds. The Hall–Kier alpha value is -3.94. The largest absolute Gasteiger partial charge is 0.463 e. The number of hydrogen-bond donors (Lipinski definition) is 0. The van der Waals surface area contributed by atoms with Crippen LogP contribution < -0.4 is 4.90 Å². The lowest BCUT2D eigenvalue weighted by Gasteiger charge is -2.33. The number of anilines is 1. The SMILES string of the molecule is C=CC(=O)OCCCCCC(=O)OC1CCN(c2ccc(C=Cc3ccc([N+](=O)[O-])cc3)cc2)CC1. The molecular formula is C28H32N2O6. The molecule has 2 aromatic rings. The number of carbonyl (C=O) groups excluding carboxylic acids is 2. The third-order valence-corrected chi connectivity index (χ3v) is 6.01. The first kappa shape index (κ1) is 26.7. The second kappa shape index (κ2) is 13.8. The van der Waals surface area contributed by atoms with Gasteiger partial charge in [0.2, 0.25) is 0 Å². The molecule has 8 nitrogen and oxygen atoms in total. The molecule has 36 heavy (non-hydrogen) atoms. The van der Waals surface area contributed by atoms with E-state index in [9.17, 15) is 19.7 Å². The van der Waals surface area contributed by atoms with Gasteiger partial charge >= 0.3 is 11.9 Å². The van der Waals surface area contributed by atoms with Crippen LogP contribution in [0.3, 0.4) is 0 Å². The van der Waals surface area contributed by atoms with Crippen LogP contribution in [0.5, 0.6) is 0 Å². The van der Waals surface area contributed by atoms with Gasteiger partial charge in [0.25, 0.3) is 5.69 Å². The number of nitro groups is 1.